The van der Waals surface area contributed by atoms with E-state index in [1.807, 2.05) is 36.4 Å². The van der Waals surface area contributed by atoms with Gasteiger partial charge in [-0.25, -0.2) is 0 Å². The highest BCUT2D eigenvalue weighted by Crippen LogP contribution is 2.21. The summed E-state index contributed by atoms with van der Waals surface area (Å²) in [6, 6.07) is 18.4. The summed E-state index contributed by atoms with van der Waals surface area (Å²) >= 11 is 0. The summed E-state index contributed by atoms with van der Waals surface area (Å²) in [6.07, 6.45) is 3.36. The van der Waals surface area contributed by atoms with Gasteiger partial charge in [0.05, 0.1) is 11.9 Å². The van der Waals surface area contributed by atoms with Crippen LogP contribution in [0.15, 0.2) is 73.1 Å². The molecule has 0 aliphatic carbocycles. The van der Waals surface area contributed by atoms with Gasteiger partial charge in [-0.15, -0.1) is 0 Å². The molecule has 0 unspecified atom stereocenters. The van der Waals surface area contributed by atoms with Gasteiger partial charge in [0, 0.05) is 29.9 Å². The van der Waals surface area contributed by atoms with Crippen molar-refractivity contribution in [2.75, 3.05) is 10.6 Å². The Morgan fingerprint density at radius 3 is 2.20 bits per heavy atom. The number of carbonyl (C=O) groups is 2. The third-order valence-corrected chi connectivity index (χ3v) is 3.57. The van der Waals surface area contributed by atoms with Crippen molar-refractivity contribution in [3.8, 4) is 11.1 Å². The van der Waals surface area contributed by atoms with Crippen molar-refractivity contribution >= 4 is 23.2 Å². The first-order chi connectivity index (χ1) is 12.1. The molecule has 124 valence electrons. The van der Waals surface area contributed by atoms with Crippen molar-refractivity contribution in [2.24, 2.45) is 0 Å². The van der Waals surface area contributed by atoms with E-state index in [0.29, 0.717) is 16.9 Å². The van der Waals surface area contributed by atoms with Gasteiger partial charge in [-0.2, -0.15) is 0 Å². The number of hydrogen-bond acceptors (Lipinski definition) is 3. The fourth-order valence-corrected chi connectivity index (χ4v) is 2.41. The van der Waals surface area contributed by atoms with Crippen LogP contribution in [0.3, 0.4) is 0 Å². The molecule has 25 heavy (non-hydrogen) atoms. The number of pyridine rings is 1. The highest BCUT2D eigenvalue weighted by atomic mass is 16.2. The smallest absolute Gasteiger partial charge is 0.255 e. The van der Waals surface area contributed by atoms with E-state index in [9.17, 15) is 9.59 Å². The molecule has 0 radical (unpaired) electrons. The Kier molecular flexibility index (Phi) is 4.85. The molecule has 3 rings (SSSR count). The summed E-state index contributed by atoms with van der Waals surface area (Å²) in [5.74, 6) is -0.387. The Labute approximate surface area is 145 Å². The van der Waals surface area contributed by atoms with Gasteiger partial charge >= 0.3 is 0 Å². The minimum absolute atomic E-state index is 0.152. The second kappa shape index (κ2) is 7.40. The number of carbonyl (C=O) groups excluding carboxylic acids is 2. The second-order valence-corrected chi connectivity index (χ2v) is 5.54. The Hall–Kier alpha value is -3.47. The normalized spacial score (nSPS) is 10.1. The van der Waals surface area contributed by atoms with Crippen LogP contribution < -0.4 is 10.6 Å². The summed E-state index contributed by atoms with van der Waals surface area (Å²) in [5, 5.41) is 5.51. The van der Waals surface area contributed by atoms with Crippen molar-refractivity contribution < 1.29 is 9.59 Å². The lowest BCUT2D eigenvalue weighted by Crippen LogP contribution is -2.12. The Morgan fingerprint density at radius 1 is 0.800 bits per heavy atom. The van der Waals surface area contributed by atoms with Gasteiger partial charge in [0.25, 0.3) is 5.91 Å². The highest BCUT2D eigenvalue weighted by molar-refractivity contribution is 6.04. The number of rotatable bonds is 4. The predicted molar refractivity (Wildman–Crippen MR) is 98.4 cm³/mol. The maximum atomic E-state index is 12.4. The van der Waals surface area contributed by atoms with Gasteiger partial charge < -0.3 is 10.6 Å². The minimum atomic E-state index is -0.235. The zero-order chi connectivity index (χ0) is 17.6. The molecule has 1 aromatic heterocycles. The van der Waals surface area contributed by atoms with Crippen molar-refractivity contribution in [3.05, 3.63) is 78.6 Å². The fourth-order valence-electron chi connectivity index (χ4n) is 2.41. The molecule has 0 spiro atoms. The molecular weight excluding hydrogens is 314 g/mol. The third kappa shape index (κ3) is 4.29. The first kappa shape index (κ1) is 16.4. The molecule has 2 N–H and O–H groups in total. The molecule has 0 atom stereocenters. The Morgan fingerprint density at radius 2 is 1.52 bits per heavy atom. The number of aromatic nitrogens is 1. The van der Waals surface area contributed by atoms with Gasteiger partial charge in [-0.1, -0.05) is 30.3 Å². The topological polar surface area (TPSA) is 71.1 Å². The van der Waals surface area contributed by atoms with Crippen LogP contribution in [0.25, 0.3) is 11.1 Å². The molecule has 2 aromatic carbocycles. The van der Waals surface area contributed by atoms with Crippen LogP contribution in [0.2, 0.25) is 0 Å². The quantitative estimate of drug-likeness (QED) is 0.760. The average Bonchev–Trinajstić information content (AvgIpc) is 2.63. The van der Waals surface area contributed by atoms with E-state index in [1.54, 1.807) is 36.7 Å². The van der Waals surface area contributed by atoms with Crippen molar-refractivity contribution in [1.29, 1.82) is 0 Å². The number of nitrogens with zero attached hydrogens (tertiary/aromatic N) is 1. The molecular formula is C20H17N3O2. The molecule has 5 nitrogen and oxygen atoms in total. The van der Waals surface area contributed by atoms with E-state index in [2.05, 4.69) is 15.6 Å². The van der Waals surface area contributed by atoms with E-state index in [0.717, 1.165) is 11.1 Å². The molecule has 0 fully saturated rings. The summed E-state index contributed by atoms with van der Waals surface area (Å²) in [6.45, 7) is 1.44. The summed E-state index contributed by atoms with van der Waals surface area (Å²) in [7, 11) is 0. The van der Waals surface area contributed by atoms with Crippen molar-refractivity contribution in [3.63, 3.8) is 0 Å². The highest BCUT2D eigenvalue weighted by Gasteiger charge is 2.08. The molecule has 5 heteroatoms. The maximum Gasteiger partial charge on any atom is 0.255 e. The Balaban J connectivity index is 1.74. The zero-order valence-electron chi connectivity index (χ0n) is 13.7. The van der Waals surface area contributed by atoms with Crippen molar-refractivity contribution in [2.45, 2.75) is 6.92 Å². The van der Waals surface area contributed by atoms with E-state index in [4.69, 9.17) is 0 Å². The van der Waals surface area contributed by atoms with Gasteiger partial charge in [-0.3, -0.25) is 14.6 Å². The molecule has 0 bridgehead atoms. The van der Waals surface area contributed by atoms with Gasteiger partial charge in [-0.05, 0) is 35.9 Å². The van der Waals surface area contributed by atoms with Crippen LogP contribution in [-0.4, -0.2) is 16.8 Å². The average molecular weight is 331 g/mol. The van der Waals surface area contributed by atoms with Crippen LogP contribution >= 0.6 is 0 Å². The van der Waals surface area contributed by atoms with Crippen LogP contribution in [-0.2, 0) is 4.79 Å². The zero-order valence-corrected chi connectivity index (χ0v) is 13.7. The summed E-state index contributed by atoms with van der Waals surface area (Å²) in [4.78, 5) is 27.6. The van der Waals surface area contributed by atoms with E-state index in [-0.39, 0.29) is 11.8 Å². The molecule has 3 aromatic rings. The number of anilines is 2. The molecule has 0 aliphatic rings. The predicted octanol–water partition coefficient (Wildman–Crippen LogP) is 3.96. The number of nitrogens with one attached hydrogen (secondary N) is 2. The van der Waals surface area contributed by atoms with Crippen LogP contribution in [0.5, 0.6) is 0 Å². The lowest BCUT2D eigenvalue weighted by atomic mass is 10.1. The number of hydrogen-bond donors (Lipinski definition) is 2. The molecule has 0 aliphatic heterocycles. The molecule has 0 saturated carbocycles. The molecule has 2 amide bonds. The fraction of sp³-hybridized carbons (Fsp3) is 0.0500. The lowest BCUT2D eigenvalue weighted by molar-refractivity contribution is -0.114. The van der Waals surface area contributed by atoms with Crippen molar-refractivity contribution in [1.82, 2.24) is 4.98 Å². The van der Waals surface area contributed by atoms with Gasteiger partial charge in [0.15, 0.2) is 0 Å². The number of benzene rings is 2. The van der Waals surface area contributed by atoms with Crippen LogP contribution in [0.4, 0.5) is 11.4 Å². The molecule has 1 heterocycles. The largest absolute Gasteiger partial charge is 0.326 e. The SMILES string of the molecule is CC(=O)Nc1ccc(C(=O)Nc2cncc(-c3ccccc3)c2)cc1. The third-order valence-electron chi connectivity index (χ3n) is 3.57. The Bertz CT molecular complexity index is 890. The standard InChI is InChI=1S/C20H17N3O2/c1-14(24)22-18-9-7-16(8-10-18)20(25)23-19-11-17(12-21-13-19)15-5-3-2-4-6-15/h2-13H,1H3,(H,22,24)(H,23,25). The summed E-state index contributed by atoms with van der Waals surface area (Å²) < 4.78 is 0. The van der Waals surface area contributed by atoms with Crippen LogP contribution in [0, 0.1) is 0 Å². The minimum Gasteiger partial charge on any atom is -0.326 e. The van der Waals surface area contributed by atoms with E-state index in [1.165, 1.54) is 6.92 Å². The van der Waals surface area contributed by atoms with E-state index < -0.39 is 0 Å². The maximum absolute atomic E-state index is 12.4. The van der Waals surface area contributed by atoms with Gasteiger partial charge in [0.1, 0.15) is 0 Å². The summed E-state index contributed by atoms with van der Waals surface area (Å²) in [5.41, 5.74) is 3.73. The monoisotopic (exact) mass is 331 g/mol. The van der Waals surface area contributed by atoms with E-state index >= 15 is 0 Å². The van der Waals surface area contributed by atoms with Crippen LogP contribution in [0.1, 0.15) is 17.3 Å². The number of amides is 2. The first-order valence-electron chi connectivity index (χ1n) is 7.81. The second-order valence-electron chi connectivity index (χ2n) is 5.54. The molecule has 0 saturated heterocycles. The van der Waals surface area contributed by atoms with Gasteiger partial charge in [0.2, 0.25) is 5.91 Å². The lowest BCUT2D eigenvalue weighted by Gasteiger charge is -2.08. The first-order valence-corrected chi connectivity index (χ1v) is 7.81.